The van der Waals surface area contributed by atoms with E-state index >= 15 is 0 Å². The van der Waals surface area contributed by atoms with Crippen LogP contribution in [0.15, 0.2) is 40.9 Å². The fourth-order valence-electron chi connectivity index (χ4n) is 2.12. The summed E-state index contributed by atoms with van der Waals surface area (Å²) in [4.78, 5) is 4.24. The largest absolute Gasteiger partial charge is 0.292 e. The first-order valence-corrected chi connectivity index (χ1v) is 7.11. The monoisotopic (exact) mass is 356 g/mol. The van der Waals surface area contributed by atoms with Crippen molar-refractivity contribution in [3.63, 3.8) is 0 Å². The lowest BCUT2D eigenvalue weighted by atomic mass is 10.2. The van der Waals surface area contributed by atoms with E-state index in [9.17, 15) is 8.78 Å². The van der Waals surface area contributed by atoms with Crippen molar-refractivity contribution in [1.29, 1.82) is 0 Å². The molecule has 20 heavy (non-hydrogen) atoms. The maximum absolute atomic E-state index is 14.1. The van der Waals surface area contributed by atoms with Gasteiger partial charge >= 0.3 is 0 Å². The number of aromatic nitrogens is 2. The first-order valence-electron chi connectivity index (χ1n) is 5.78. The third kappa shape index (κ3) is 2.21. The molecule has 0 fully saturated rings. The Labute approximate surface area is 127 Å². The molecule has 0 spiro atoms. The number of nitrogens with zero attached hydrogens (tertiary/aromatic N) is 2. The van der Waals surface area contributed by atoms with Crippen LogP contribution in [0.4, 0.5) is 8.78 Å². The van der Waals surface area contributed by atoms with Crippen LogP contribution in [-0.4, -0.2) is 9.55 Å². The average Bonchev–Trinajstić information content (AvgIpc) is 2.76. The average molecular weight is 358 g/mol. The van der Waals surface area contributed by atoms with Gasteiger partial charge in [-0.25, -0.2) is 13.8 Å². The lowest BCUT2D eigenvalue weighted by Crippen LogP contribution is -2.02. The third-order valence-corrected chi connectivity index (χ3v) is 3.69. The number of alkyl halides is 1. The molecule has 0 unspecified atom stereocenters. The fraction of sp³-hybridized carbons (Fsp3) is 0.0714. The second kappa shape index (κ2) is 5.14. The van der Waals surface area contributed by atoms with E-state index in [-0.39, 0.29) is 11.7 Å². The van der Waals surface area contributed by atoms with Crippen LogP contribution in [-0.2, 0) is 5.88 Å². The van der Waals surface area contributed by atoms with Crippen molar-refractivity contribution < 1.29 is 8.78 Å². The van der Waals surface area contributed by atoms with Gasteiger partial charge in [0.15, 0.2) is 0 Å². The molecule has 2 nitrogen and oxygen atoms in total. The zero-order valence-electron chi connectivity index (χ0n) is 10.1. The molecule has 0 radical (unpaired) electrons. The topological polar surface area (TPSA) is 17.8 Å². The predicted octanol–water partition coefficient (Wildman–Crippen LogP) is 4.81. The molecule has 6 heteroatoms. The van der Waals surface area contributed by atoms with E-state index in [4.69, 9.17) is 11.6 Å². The highest BCUT2D eigenvalue weighted by Gasteiger charge is 2.15. The van der Waals surface area contributed by atoms with E-state index in [1.54, 1.807) is 22.8 Å². The van der Waals surface area contributed by atoms with E-state index in [1.807, 2.05) is 0 Å². The van der Waals surface area contributed by atoms with Crippen molar-refractivity contribution in [1.82, 2.24) is 9.55 Å². The van der Waals surface area contributed by atoms with Crippen LogP contribution in [0.2, 0.25) is 0 Å². The molecule has 0 aliphatic rings. The third-order valence-electron chi connectivity index (χ3n) is 2.96. The number of imidazole rings is 1. The molecule has 0 N–H and O–H groups in total. The van der Waals surface area contributed by atoms with E-state index in [0.717, 1.165) is 0 Å². The van der Waals surface area contributed by atoms with Gasteiger partial charge in [-0.1, -0.05) is 15.9 Å². The molecule has 0 aliphatic carbocycles. The summed E-state index contributed by atoms with van der Waals surface area (Å²) in [5, 5.41) is 0. The molecule has 2 aromatic carbocycles. The van der Waals surface area contributed by atoms with Crippen LogP contribution in [0, 0.1) is 11.6 Å². The van der Waals surface area contributed by atoms with E-state index in [1.165, 1.54) is 18.2 Å². The maximum Gasteiger partial charge on any atom is 0.148 e. The van der Waals surface area contributed by atoms with Gasteiger partial charge in [0.25, 0.3) is 0 Å². The fourth-order valence-corrected chi connectivity index (χ4v) is 2.64. The second-order valence-corrected chi connectivity index (χ2v) is 5.41. The van der Waals surface area contributed by atoms with E-state index in [0.29, 0.717) is 27.0 Å². The molecule has 0 amide bonds. The van der Waals surface area contributed by atoms with Crippen molar-refractivity contribution in [2.75, 3.05) is 0 Å². The van der Waals surface area contributed by atoms with Crippen LogP contribution in [0.5, 0.6) is 0 Å². The van der Waals surface area contributed by atoms with Gasteiger partial charge in [0.2, 0.25) is 0 Å². The number of benzene rings is 2. The van der Waals surface area contributed by atoms with Gasteiger partial charge in [0, 0.05) is 10.5 Å². The molecular weight excluding hydrogens is 350 g/mol. The van der Waals surface area contributed by atoms with Crippen LogP contribution < -0.4 is 0 Å². The van der Waals surface area contributed by atoms with Gasteiger partial charge in [-0.15, -0.1) is 11.6 Å². The molecule has 3 rings (SSSR count). The Balaban J connectivity index is 2.34. The normalized spacial score (nSPS) is 11.2. The number of hydrogen-bond donors (Lipinski definition) is 0. The quantitative estimate of drug-likeness (QED) is 0.602. The lowest BCUT2D eigenvalue weighted by molar-refractivity contribution is 0.617. The van der Waals surface area contributed by atoms with Gasteiger partial charge in [-0.2, -0.15) is 0 Å². The van der Waals surface area contributed by atoms with Crippen LogP contribution in [0.3, 0.4) is 0 Å². The van der Waals surface area contributed by atoms with Gasteiger partial charge in [0.05, 0.1) is 22.6 Å². The van der Waals surface area contributed by atoms with Gasteiger partial charge in [0.1, 0.15) is 17.5 Å². The van der Waals surface area contributed by atoms with Gasteiger partial charge in [-0.05, 0) is 30.3 Å². The van der Waals surface area contributed by atoms with Gasteiger partial charge < -0.3 is 0 Å². The summed E-state index contributed by atoms with van der Waals surface area (Å²) in [5.41, 5.74) is 1.39. The molecule has 0 saturated heterocycles. The SMILES string of the molecule is Fc1ccc2c(c1)nc(CCl)n2-c1ccc(Br)cc1F. The summed E-state index contributed by atoms with van der Waals surface area (Å²) >= 11 is 9.08. The Morgan fingerprint density at radius 2 is 1.95 bits per heavy atom. The van der Waals surface area contributed by atoms with Crippen molar-refractivity contribution in [3.05, 3.63) is 58.3 Å². The first-order chi connectivity index (χ1) is 9.60. The van der Waals surface area contributed by atoms with Crippen molar-refractivity contribution >= 4 is 38.6 Å². The molecule has 0 bridgehead atoms. The van der Waals surface area contributed by atoms with Crippen molar-refractivity contribution in [2.24, 2.45) is 0 Å². The standard InChI is InChI=1S/C14H8BrClF2N2/c15-8-1-3-12(10(18)5-8)20-13-4-2-9(17)6-11(13)19-14(20)7-16/h1-6H,7H2. The number of fused-ring (bicyclic) bond motifs is 1. The summed E-state index contributed by atoms with van der Waals surface area (Å²) in [6.07, 6.45) is 0. The Kier molecular flexibility index (Phi) is 3.48. The number of hydrogen-bond acceptors (Lipinski definition) is 1. The van der Waals surface area contributed by atoms with Crippen molar-refractivity contribution in [2.45, 2.75) is 5.88 Å². The number of halogens is 4. The minimum Gasteiger partial charge on any atom is -0.292 e. The molecule has 0 aliphatic heterocycles. The highest BCUT2D eigenvalue weighted by atomic mass is 79.9. The Morgan fingerprint density at radius 3 is 2.65 bits per heavy atom. The molecule has 1 aromatic heterocycles. The molecule has 0 atom stereocenters. The Morgan fingerprint density at radius 1 is 1.15 bits per heavy atom. The molecule has 0 saturated carbocycles. The summed E-state index contributed by atoms with van der Waals surface area (Å²) in [7, 11) is 0. The molecule has 3 aromatic rings. The van der Waals surface area contributed by atoms with E-state index in [2.05, 4.69) is 20.9 Å². The summed E-state index contributed by atoms with van der Waals surface area (Å²) in [6.45, 7) is 0. The smallest absolute Gasteiger partial charge is 0.148 e. The van der Waals surface area contributed by atoms with Crippen LogP contribution in [0.25, 0.3) is 16.7 Å². The maximum atomic E-state index is 14.1. The lowest BCUT2D eigenvalue weighted by Gasteiger charge is -2.09. The molecule has 102 valence electrons. The summed E-state index contributed by atoms with van der Waals surface area (Å²) in [6, 6.07) is 8.90. The molecule has 1 heterocycles. The Bertz CT molecular complexity index is 801. The summed E-state index contributed by atoms with van der Waals surface area (Å²) in [5.74, 6) is -0.228. The van der Waals surface area contributed by atoms with Crippen LogP contribution in [0.1, 0.15) is 5.82 Å². The predicted molar refractivity (Wildman–Crippen MR) is 78.2 cm³/mol. The highest BCUT2D eigenvalue weighted by molar-refractivity contribution is 9.10. The molecular formula is C14H8BrClF2N2. The highest BCUT2D eigenvalue weighted by Crippen LogP contribution is 2.26. The Hall–Kier alpha value is -1.46. The minimum absolute atomic E-state index is 0.103. The van der Waals surface area contributed by atoms with Gasteiger partial charge in [-0.3, -0.25) is 4.57 Å². The zero-order valence-corrected chi connectivity index (χ0v) is 12.4. The number of rotatable bonds is 2. The van der Waals surface area contributed by atoms with Crippen LogP contribution >= 0.6 is 27.5 Å². The summed E-state index contributed by atoms with van der Waals surface area (Å²) < 4.78 is 29.6. The zero-order chi connectivity index (χ0) is 14.3. The van der Waals surface area contributed by atoms with E-state index < -0.39 is 5.82 Å². The van der Waals surface area contributed by atoms with Crippen molar-refractivity contribution in [3.8, 4) is 5.69 Å². The minimum atomic E-state index is -0.408. The first kappa shape index (κ1) is 13.5. The second-order valence-electron chi connectivity index (χ2n) is 4.23.